The lowest BCUT2D eigenvalue weighted by Gasteiger charge is -2.10. The molecule has 5 nitrogen and oxygen atoms in total. The summed E-state index contributed by atoms with van der Waals surface area (Å²) in [7, 11) is 3.25. The third-order valence-corrected chi connectivity index (χ3v) is 4.11. The predicted molar refractivity (Wildman–Crippen MR) is 127 cm³/mol. The van der Waals surface area contributed by atoms with Crippen molar-refractivity contribution in [3.05, 3.63) is 95.9 Å². The minimum absolute atomic E-state index is 0.339. The summed E-state index contributed by atoms with van der Waals surface area (Å²) >= 11 is 0. The number of carbonyl (C=O) groups excluding carboxylic acids is 1. The van der Waals surface area contributed by atoms with E-state index in [1.54, 1.807) is 50.6 Å². The van der Waals surface area contributed by atoms with Crippen LogP contribution >= 0.6 is 0 Å². The number of hydrogen-bond acceptors (Lipinski definition) is 4. The van der Waals surface area contributed by atoms with Crippen LogP contribution in [-0.2, 0) is 9.53 Å². The average Bonchev–Trinajstić information content (AvgIpc) is 2.77. The lowest BCUT2D eigenvalue weighted by Crippen LogP contribution is -1.94. The monoisotopic (exact) mass is 434 g/mol. The number of nitrogens with zero attached hydrogens (tertiary/aromatic N) is 1. The SMILES string of the molecule is COC.Cc1cc(Oc2ccc(NC=O)cc2)c2cc(F)ccc2n1.Cc1ccccc1. The summed E-state index contributed by atoms with van der Waals surface area (Å²) in [6, 6.07) is 23.3. The molecule has 4 aromatic rings. The maximum atomic E-state index is 13.5. The molecular weight excluding hydrogens is 407 g/mol. The van der Waals surface area contributed by atoms with Gasteiger partial charge in [-0.1, -0.05) is 35.9 Å². The number of pyridine rings is 1. The molecule has 1 aromatic heterocycles. The summed E-state index contributed by atoms with van der Waals surface area (Å²) < 4.78 is 23.6. The van der Waals surface area contributed by atoms with Crippen molar-refractivity contribution in [1.82, 2.24) is 4.98 Å². The number of anilines is 1. The molecule has 0 aliphatic rings. The highest BCUT2D eigenvalue weighted by Crippen LogP contribution is 2.31. The smallest absolute Gasteiger partial charge is 0.211 e. The van der Waals surface area contributed by atoms with Gasteiger partial charge in [-0.15, -0.1) is 0 Å². The van der Waals surface area contributed by atoms with E-state index in [0.29, 0.717) is 34.5 Å². The molecule has 6 heteroatoms. The number of amides is 1. The third kappa shape index (κ3) is 7.81. The number of nitrogens with one attached hydrogen (secondary N) is 1. The number of rotatable bonds is 4. The molecule has 1 heterocycles. The van der Waals surface area contributed by atoms with E-state index in [0.717, 1.165) is 5.69 Å². The van der Waals surface area contributed by atoms with Crippen LogP contribution in [0.3, 0.4) is 0 Å². The lowest BCUT2D eigenvalue weighted by atomic mass is 10.2. The van der Waals surface area contributed by atoms with Crippen LogP contribution < -0.4 is 10.1 Å². The molecule has 0 spiro atoms. The zero-order valence-electron chi connectivity index (χ0n) is 18.6. The quantitative estimate of drug-likeness (QED) is 0.383. The Morgan fingerprint density at radius 2 is 1.56 bits per heavy atom. The van der Waals surface area contributed by atoms with Crippen LogP contribution in [0.4, 0.5) is 10.1 Å². The molecule has 0 aliphatic heterocycles. The van der Waals surface area contributed by atoms with Crippen molar-refractivity contribution in [2.75, 3.05) is 19.5 Å². The molecule has 1 N–H and O–H groups in total. The van der Waals surface area contributed by atoms with Crippen LogP contribution in [0.15, 0.2) is 78.9 Å². The molecule has 32 heavy (non-hydrogen) atoms. The second-order valence-electron chi connectivity index (χ2n) is 6.87. The summed E-state index contributed by atoms with van der Waals surface area (Å²) in [6.45, 7) is 3.94. The van der Waals surface area contributed by atoms with Gasteiger partial charge in [-0.2, -0.15) is 0 Å². The van der Waals surface area contributed by atoms with E-state index in [-0.39, 0.29) is 5.82 Å². The van der Waals surface area contributed by atoms with Gasteiger partial charge in [0, 0.05) is 37.1 Å². The van der Waals surface area contributed by atoms with Gasteiger partial charge in [-0.25, -0.2) is 4.39 Å². The molecule has 0 aliphatic carbocycles. The fourth-order valence-corrected chi connectivity index (χ4v) is 2.73. The van der Waals surface area contributed by atoms with Crippen LogP contribution in [0.2, 0.25) is 0 Å². The van der Waals surface area contributed by atoms with Crippen LogP contribution in [0, 0.1) is 19.7 Å². The highest BCUT2D eigenvalue weighted by Gasteiger charge is 2.08. The third-order valence-electron chi connectivity index (χ3n) is 4.11. The van der Waals surface area contributed by atoms with Crippen LogP contribution in [0.25, 0.3) is 10.9 Å². The number of carbonyl (C=O) groups is 1. The number of fused-ring (bicyclic) bond motifs is 1. The highest BCUT2D eigenvalue weighted by atomic mass is 19.1. The van der Waals surface area contributed by atoms with Crippen molar-refractivity contribution in [2.45, 2.75) is 13.8 Å². The zero-order chi connectivity index (χ0) is 23.3. The van der Waals surface area contributed by atoms with Crippen LogP contribution in [0.1, 0.15) is 11.3 Å². The number of methoxy groups -OCH3 is 1. The summed E-state index contributed by atoms with van der Waals surface area (Å²) in [4.78, 5) is 14.7. The standard InChI is InChI=1S/C17H13FN2O2.C7H8.C2H6O/c1-11-8-17(15-9-12(18)2-7-16(15)20-11)22-14-5-3-13(4-6-14)19-10-21;1-7-5-3-2-4-6-7;1-3-2/h2-10H,1H3,(H,19,21);2-6H,1H3;1-2H3. The number of benzene rings is 3. The molecule has 0 saturated carbocycles. The summed E-state index contributed by atoms with van der Waals surface area (Å²) in [6.07, 6.45) is 0.609. The maximum absolute atomic E-state index is 13.5. The van der Waals surface area contributed by atoms with E-state index >= 15 is 0 Å². The van der Waals surface area contributed by atoms with Crippen molar-refractivity contribution in [3.63, 3.8) is 0 Å². The minimum Gasteiger partial charge on any atom is -0.457 e. The van der Waals surface area contributed by atoms with E-state index < -0.39 is 0 Å². The summed E-state index contributed by atoms with van der Waals surface area (Å²) in [5.41, 5.74) is 3.45. The van der Waals surface area contributed by atoms with Gasteiger partial charge in [0.2, 0.25) is 6.41 Å². The molecule has 0 unspecified atom stereocenters. The molecule has 0 fully saturated rings. The normalized spacial score (nSPS) is 9.66. The Labute approximate surface area is 187 Å². The van der Waals surface area contributed by atoms with Gasteiger partial charge in [0.1, 0.15) is 17.3 Å². The Balaban J connectivity index is 0.000000302. The van der Waals surface area contributed by atoms with Gasteiger partial charge in [-0.3, -0.25) is 9.78 Å². The number of hydrogen-bond donors (Lipinski definition) is 1. The largest absolute Gasteiger partial charge is 0.457 e. The van der Waals surface area contributed by atoms with Crippen molar-refractivity contribution >= 4 is 23.0 Å². The Morgan fingerprint density at radius 1 is 0.906 bits per heavy atom. The molecule has 0 atom stereocenters. The zero-order valence-corrected chi connectivity index (χ0v) is 18.6. The molecule has 1 amide bonds. The molecule has 0 radical (unpaired) electrons. The van der Waals surface area contributed by atoms with Gasteiger partial charge in [0.15, 0.2) is 0 Å². The van der Waals surface area contributed by atoms with Gasteiger partial charge < -0.3 is 14.8 Å². The predicted octanol–water partition coefficient (Wildman–Crippen LogP) is 6.30. The number of ether oxygens (including phenoxy) is 2. The van der Waals surface area contributed by atoms with Gasteiger partial charge in [0.25, 0.3) is 0 Å². The van der Waals surface area contributed by atoms with E-state index in [4.69, 9.17) is 4.74 Å². The van der Waals surface area contributed by atoms with Crippen molar-refractivity contribution < 1.29 is 18.7 Å². The van der Waals surface area contributed by atoms with Crippen molar-refractivity contribution in [1.29, 1.82) is 0 Å². The van der Waals surface area contributed by atoms with Crippen LogP contribution in [0.5, 0.6) is 11.5 Å². The van der Waals surface area contributed by atoms with E-state index in [9.17, 15) is 9.18 Å². The molecule has 166 valence electrons. The van der Waals surface area contributed by atoms with E-state index in [2.05, 4.69) is 34.1 Å². The average molecular weight is 435 g/mol. The number of aromatic nitrogens is 1. The van der Waals surface area contributed by atoms with Crippen LogP contribution in [-0.4, -0.2) is 25.6 Å². The lowest BCUT2D eigenvalue weighted by molar-refractivity contribution is -0.105. The fraction of sp³-hybridized carbons (Fsp3) is 0.154. The Morgan fingerprint density at radius 3 is 2.12 bits per heavy atom. The van der Waals surface area contributed by atoms with Gasteiger partial charge in [0.05, 0.1) is 5.52 Å². The van der Waals surface area contributed by atoms with Gasteiger partial charge in [-0.05, 0) is 56.3 Å². The number of aryl methyl sites for hydroxylation is 2. The molecular formula is C26H27FN2O3. The summed E-state index contributed by atoms with van der Waals surface area (Å²) in [5, 5.41) is 3.16. The maximum Gasteiger partial charge on any atom is 0.211 e. The summed E-state index contributed by atoms with van der Waals surface area (Å²) in [5.74, 6) is 0.791. The molecule has 0 bridgehead atoms. The Hall–Kier alpha value is -3.77. The minimum atomic E-state index is -0.339. The Bertz CT molecular complexity index is 1120. The number of halogens is 1. The van der Waals surface area contributed by atoms with Gasteiger partial charge >= 0.3 is 0 Å². The first-order chi connectivity index (χ1) is 15.5. The highest BCUT2D eigenvalue weighted by molar-refractivity contribution is 5.85. The van der Waals surface area contributed by atoms with Crippen molar-refractivity contribution in [2.24, 2.45) is 0 Å². The topological polar surface area (TPSA) is 60.5 Å². The first kappa shape index (κ1) is 24.5. The second-order valence-corrected chi connectivity index (χ2v) is 6.87. The second kappa shape index (κ2) is 12.8. The molecule has 0 saturated heterocycles. The van der Waals surface area contributed by atoms with Crippen molar-refractivity contribution in [3.8, 4) is 11.5 Å². The molecule has 3 aromatic carbocycles. The fourth-order valence-electron chi connectivity index (χ4n) is 2.73. The Kier molecular flexibility index (Phi) is 9.81. The first-order valence-corrected chi connectivity index (χ1v) is 9.93. The van der Waals surface area contributed by atoms with E-state index in [1.165, 1.54) is 17.7 Å². The first-order valence-electron chi connectivity index (χ1n) is 9.93. The van der Waals surface area contributed by atoms with E-state index in [1.807, 2.05) is 25.1 Å². The molecule has 4 rings (SSSR count).